The number of nitrogens with zero attached hydrogens (tertiary/aromatic N) is 2. The number of hydrogen-bond donors (Lipinski definition) is 3. The Balaban J connectivity index is 1.83. The van der Waals surface area contributed by atoms with Crippen LogP contribution >= 0.6 is 0 Å². The minimum Gasteiger partial charge on any atom is -0.467 e. The van der Waals surface area contributed by atoms with Crippen LogP contribution < -0.4 is 10.6 Å². The molecule has 0 radical (unpaired) electrons. The average Bonchev–Trinajstić information content (AvgIpc) is 3.15. The van der Waals surface area contributed by atoms with Gasteiger partial charge in [-0.05, 0) is 25.5 Å². The highest BCUT2D eigenvalue weighted by Gasteiger charge is 2.20. The van der Waals surface area contributed by atoms with Crippen LogP contribution in [0.1, 0.15) is 56.3 Å². The normalized spacial score (nSPS) is 15.0. The Morgan fingerprint density at radius 2 is 2.22 bits per heavy atom. The first-order chi connectivity index (χ1) is 11.0. The van der Waals surface area contributed by atoms with Gasteiger partial charge >= 0.3 is 6.03 Å². The number of carbonyl (C=O) groups excluding carboxylic acids is 1. The lowest BCUT2D eigenvalue weighted by molar-refractivity contribution is 0.129. The highest BCUT2D eigenvalue weighted by Crippen LogP contribution is 2.18. The van der Waals surface area contributed by atoms with Gasteiger partial charge in [-0.15, -0.1) is 0 Å². The Morgan fingerprint density at radius 3 is 2.78 bits per heavy atom. The smallest absolute Gasteiger partial charge is 0.315 e. The van der Waals surface area contributed by atoms with E-state index in [1.165, 1.54) is 6.26 Å². The summed E-state index contributed by atoms with van der Waals surface area (Å²) in [6.45, 7) is 5.42. The van der Waals surface area contributed by atoms with Gasteiger partial charge in [0.25, 0.3) is 0 Å². The molecule has 0 bridgehead atoms. The number of furan rings is 1. The van der Waals surface area contributed by atoms with Gasteiger partial charge in [0, 0.05) is 19.4 Å². The zero-order valence-electron chi connectivity index (χ0n) is 13.4. The van der Waals surface area contributed by atoms with E-state index in [1.54, 1.807) is 19.1 Å². The van der Waals surface area contributed by atoms with Gasteiger partial charge in [-0.3, -0.25) is 0 Å². The second-order valence-corrected chi connectivity index (χ2v) is 5.42. The second-order valence-electron chi connectivity index (χ2n) is 5.42. The summed E-state index contributed by atoms with van der Waals surface area (Å²) in [7, 11) is 0. The van der Waals surface area contributed by atoms with Crippen LogP contribution in [0.5, 0.6) is 0 Å². The molecule has 0 spiro atoms. The molecule has 126 valence electrons. The van der Waals surface area contributed by atoms with Crippen LogP contribution in [0.15, 0.2) is 27.3 Å². The summed E-state index contributed by atoms with van der Waals surface area (Å²) in [5.74, 6) is 1.38. The van der Waals surface area contributed by atoms with Crippen LogP contribution in [0.25, 0.3) is 0 Å². The van der Waals surface area contributed by atoms with Crippen LogP contribution in [0.4, 0.5) is 4.79 Å². The summed E-state index contributed by atoms with van der Waals surface area (Å²) < 4.78 is 10.1. The van der Waals surface area contributed by atoms with Crippen LogP contribution in [0.2, 0.25) is 0 Å². The first kappa shape index (κ1) is 17.0. The summed E-state index contributed by atoms with van der Waals surface area (Å²) >= 11 is 0. The summed E-state index contributed by atoms with van der Waals surface area (Å²) in [4.78, 5) is 16.2. The third-order valence-corrected chi connectivity index (χ3v) is 3.39. The molecular formula is C15H22N4O4. The standard InChI is InChI=1S/C15H22N4O4/c1-4-11(14-17-10(3)23-19-14)18-15(21)16-9(2)8-12(20)13-6-5-7-22-13/h5-7,9,11-12,20H,4,8H2,1-3H3,(H2,16,18,21)/t9-,11+,12+/m1/s1. The van der Waals surface area contributed by atoms with E-state index in [9.17, 15) is 9.90 Å². The molecule has 2 heterocycles. The van der Waals surface area contributed by atoms with Crippen molar-refractivity contribution in [3.8, 4) is 0 Å². The number of urea groups is 1. The molecule has 0 saturated heterocycles. The van der Waals surface area contributed by atoms with E-state index in [1.807, 2.05) is 13.8 Å². The van der Waals surface area contributed by atoms with Gasteiger partial charge in [0.15, 0.2) is 5.82 Å². The van der Waals surface area contributed by atoms with Crippen molar-refractivity contribution < 1.29 is 18.8 Å². The molecule has 0 aliphatic carbocycles. The molecule has 2 aromatic rings. The number of carbonyl (C=O) groups is 1. The lowest BCUT2D eigenvalue weighted by Crippen LogP contribution is -2.43. The van der Waals surface area contributed by atoms with Crippen molar-refractivity contribution in [1.82, 2.24) is 20.8 Å². The molecule has 0 aliphatic rings. The van der Waals surface area contributed by atoms with Crippen molar-refractivity contribution in [2.45, 2.75) is 51.8 Å². The fourth-order valence-corrected chi connectivity index (χ4v) is 2.22. The molecule has 23 heavy (non-hydrogen) atoms. The number of nitrogens with one attached hydrogen (secondary N) is 2. The summed E-state index contributed by atoms with van der Waals surface area (Å²) in [6.07, 6.45) is 1.72. The molecule has 2 rings (SSSR count). The van der Waals surface area contributed by atoms with Crippen molar-refractivity contribution in [2.75, 3.05) is 0 Å². The molecule has 0 aliphatic heterocycles. The van der Waals surface area contributed by atoms with Gasteiger partial charge in [0.2, 0.25) is 5.89 Å². The van der Waals surface area contributed by atoms with Crippen molar-refractivity contribution in [3.63, 3.8) is 0 Å². The van der Waals surface area contributed by atoms with Gasteiger partial charge in [-0.25, -0.2) is 4.79 Å². The van der Waals surface area contributed by atoms with Gasteiger partial charge in [0.05, 0.1) is 12.3 Å². The van der Waals surface area contributed by atoms with Crippen molar-refractivity contribution in [2.24, 2.45) is 0 Å². The van der Waals surface area contributed by atoms with E-state index in [2.05, 4.69) is 20.8 Å². The average molecular weight is 322 g/mol. The molecule has 2 amide bonds. The SMILES string of the molecule is CC[C@H](NC(=O)N[C@H](C)C[C@H](O)c1ccco1)c1noc(C)n1. The quantitative estimate of drug-likeness (QED) is 0.720. The highest BCUT2D eigenvalue weighted by atomic mass is 16.5. The molecule has 3 atom stereocenters. The maximum Gasteiger partial charge on any atom is 0.315 e. The van der Waals surface area contributed by atoms with Crippen molar-refractivity contribution in [1.29, 1.82) is 0 Å². The first-order valence-corrected chi connectivity index (χ1v) is 7.58. The van der Waals surface area contributed by atoms with Crippen LogP contribution in [-0.2, 0) is 0 Å². The number of aliphatic hydroxyl groups is 1. The second kappa shape index (κ2) is 7.77. The molecule has 2 aromatic heterocycles. The zero-order valence-corrected chi connectivity index (χ0v) is 13.4. The lowest BCUT2D eigenvalue weighted by atomic mass is 10.1. The molecule has 0 unspecified atom stereocenters. The van der Waals surface area contributed by atoms with Gasteiger partial charge in [0.1, 0.15) is 11.9 Å². The number of aliphatic hydroxyl groups excluding tert-OH is 1. The fraction of sp³-hybridized carbons (Fsp3) is 0.533. The van der Waals surface area contributed by atoms with E-state index in [0.29, 0.717) is 30.3 Å². The third-order valence-electron chi connectivity index (χ3n) is 3.39. The topological polar surface area (TPSA) is 113 Å². The Hall–Kier alpha value is -2.35. The van der Waals surface area contributed by atoms with E-state index < -0.39 is 6.10 Å². The van der Waals surface area contributed by atoms with Crippen molar-refractivity contribution in [3.05, 3.63) is 35.9 Å². The molecule has 0 fully saturated rings. The Bertz CT molecular complexity index is 611. The number of amides is 2. The maximum atomic E-state index is 12.1. The Morgan fingerprint density at radius 1 is 1.43 bits per heavy atom. The largest absolute Gasteiger partial charge is 0.467 e. The van der Waals surface area contributed by atoms with Crippen LogP contribution in [0, 0.1) is 6.92 Å². The van der Waals surface area contributed by atoms with E-state index in [0.717, 1.165) is 0 Å². The number of aromatic nitrogens is 2. The minimum atomic E-state index is -0.762. The monoisotopic (exact) mass is 322 g/mol. The van der Waals surface area contributed by atoms with Gasteiger partial charge < -0.3 is 24.7 Å². The van der Waals surface area contributed by atoms with E-state index in [-0.39, 0.29) is 18.1 Å². The van der Waals surface area contributed by atoms with Gasteiger partial charge in [-0.2, -0.15) is 4.98 Å². The number of rotatable bonds is 7. The molecule has 0 aromatic carbocycles. The Labute approximate surface area is 134 Å². The summed E-state index contributed by atoms with van der Waals surface area (Å²) in [5.41, 5.74) is 0. The molecule has 0 saturated carbocycles. The molecular weight excluding hydrogens is 300 g/mol. The molecule has 8 nitrogen and oxygen atoms in total. The highest BCUT2D eigenvalue weighted by molar-refractivity contribution is 5.74. The van der Waals surface area contributed by atoms with Crippen molar-refractivity contribution >= 4 is 6.03 Å². The number of hydrogen-bond acceptors (Lipinski definition) is 6. The minimum absolute atomic E-state index is 0.236. The predicted octanol–water partition coefficient (Wildman–Crippen LogP) is 2.23. The third kappa shape index (κ3) is 4.82. The van der Waals surface area contributed by atoms with Crippen LogP contribution in [-0.4, -0.2) is 27.3 Å². The zero-order chi connectivity index (χ0) is 16.8. The first-order valence-electron chi connectivity index (χ1n) is 7.58. The Kier molecular flexibility index (Phi) is 5.75. The number of aryl methyl sites for hydroxylation is 1. The van der Waals surface area contributed by atoms with Gasteiger partial charge in [-0.1, -0.05) is 12.1 Å². The van der Waals surface area contributed by atoms with E-state index >= 15 is 0 Å². The fourth-order valence-electron chi connectivity index (χ4n) is 2.22. The molecule has 8 heteroatoms. The maximum absolute atomic E-state index is 12.1. The predicted molar refractivity (Wildman–Crippen MR) is 81.5 cm³/mol. The van der Waals surface area contributed by atoms with E-state index in [4.69, 9.17) is 8.94 Å². The lowest BCUT2D eigenvalue weighted by Gasteiger charge is -2.19. The molecule has 3 N–H and O–H groups in total. The summed E-state index contributed by atoms with van der Waals surface area (Å²) in [5, 5.41) is 19.4. The van der Waals surface area contributed by atoms with Crippen LogP contribution in [0.3, 0.4) is 0 Å². The summed E-state index contributed by atoms with van der Waals surface area (Å²) in [6, 6.07) is 2.50.